The van der Waals surface area contributed by atoms with Gasteiger partial charge in [0.15, 0.2) is 0 Å². The highest BCUT2D eigenvalue weighted by atomic mass is 32.2. The van der Waals surface area contributed by atoms with Gasteiger partial charge in [0, 0.05) is 12.6 Å². The Morgan fingerprint density at radius 3 is 2.81 bits per heavy atom. The first kappa shape index (κ1) is 13.5. The third-order valence-electron chi connectivity index (χ3n) is 2.63. The topological polar surface area (TPSA) is 12.0 Å². The lowest BCUT2D eigenvalue weighted by molar-refractivity contribution is 0.536. The molecule has 0 spiro atoms. The molecular formula is C13H20FNS. The van der Waals surface area contributed by atoms with Gasteiger partial charge in [-0.15, -0.1) is 0 Å². The lowest BCUT2D eigenvalue weighted by atomic mass is 10.1. The lowest BCUT2D eigenvalue weighted by Crippen LogP contribution is -2.26. The molecule has 1 nitrogen and oxygen atoms in total. The van der Waals surface area contributed by atoms with Crippen LogP contribution in [0.2, 0.25) is 0 Å². The zero-order chi connectivity index (χ0) is 12.0. The van der Waals surface area contributed by atoms with Crippen molar-refractivity contribution in [1.82, 2.24) is 5.32 Å². The molecule has 0 fully saturated rings. The highest BCUT2D eigenvalue weighted by molar-refractivity contribution is 7.98. The minimum atomic E-state index is -0.126. The SMILES string of the molecule is CSCCC(C)NCc1ccc(F)c(C)c1. The van der Waals surface area contributed by atoms with Crippen LogP contribution >= 0.6 is 11.8 Å². The number of aryl methyl sites for hydroxylation is 1. The van der Waals surface area contributed by atoms with Crippen LogP contribution in [0.4, 0.5) is 4.39 Å². The van der Waals surface area contributed by atoms with E-state index in [-0.39, 0.29) is 5.82 Å². The first-order valence-corrected chi connectivity index (χ1v) is 7.00. The average Bonchev–Trinajstić information content (AvgIpc) is 2.28. The molecule has 0 aliphatic heterocycles. The average molecular weight is 241 g/mol. The van der Waals surface area contributed by atoms with E-state index in [4.69, 9.17) is 0 Å². The molecule has 1 atom stereocenters. The number of nitrogens with one attached hydrogen (secondary N) is 1. The number of halogens is 1. The van der Waals surface area contributed by atoms with Gasteiger partial charge in [-0.2, -0.15) is 11.8 Å². The Balaban J connectivity index is 2.39. The van der Waals surface area contributed by atoms with Crippen LogP contribution in [0.5, 0.6) is 0 Å². The molecule has 90 valence electrons. The molecular weight excluding hydrogens is 221 g/mol. The first-order valence-electron chi connectivity index (χ1n) is 5.61. The van der Waals surface area contributed by atoms with Crippen molar-refractivity contribution in [3.05, 3.63) is 35.1 Å². The van der Waals surface area contributed by atoms with Crippen molar-refractivity contribution in [3.63, 3.8) is 0 Å². The summed E-state index contributed by atoms with van der Waals surface area (Å²) >= 11 is 1.87. The zero-order valence-electron chi connectivity index (χ0n) is 10.2. The molecule has 0 saturated carbocycles. The van der Waals surface area contributed by atoms with E-state index >= 15 is 0 Å². The summed E-state index contributed by atoms with van der Waals surface area (Å²) in [5.41, 5.74) is 1.87. The lowest BCUT2D eigenvalue weighted by Gasteiger charge is -2.13. The standard InChI is InChI=1S/C13H20FNS/c1-10-8-12(4-5-13(10)14)9-15-11(2)6-7-16-3/h4-5,8,11,15H,6-7,9H2,1-3H3. The van der Waals surface area contributed by atoms with Crippen molar-refractivity contribution in [2.75, 3.05) is 12.0 Å². The summed E-state index contributed by atoms with van der Waals surface area (Å²) in [6, 6.07) is 5.80. The van der Waals surface area contributed by atoms with Crippen LogP contribution in [-0.4, -0.2) is 18.1 Å². The minimum Gasteiger partial charge on any atom is -0.310 e. The van der Waals surface area contributed by atoms with Gasteiger partial charge in [-0.25, -0.2) is 4.39 Å². The minimum absolute atomic E-state index is 0.126. The van der Waals surface area contributed by atoms with Gasteiger partial charge in [0.05, 0.1) is 0 Å². The number of rotatable bonds is 6. The van der Waals surface area contributed by atoms with Crippen LogP contribution in [0, 0.1) is 12.7 Å². The van der Waals surface area contributed by atoms with Gasteiger partial charge in [-0.1, -0.05) is 12.1 Å². The highest BCUT2D eigenvalue weighted by Gasteiger charge is 2.02. The molecule has 1 unspecified atom stereocenters. The van der Waals surface area contributed by atoms with E-state index in [9.17, 15) is 4.39 Å². The van der Waals surface area contributed by atoms with E-state index in [2.05, 4.69) is 18.5 Å². The Morgan fingerprint density at radius 1 is 1.44 bits per heavy atom. The molecule has 0 aliphatic carbocycles. The van der Waals surface area contributed by atoms with Crippen LogP contribution < -0.4 is 5.32 Å². The van der Waals surface area contributed by atoms with Crippen molar-refractivity contribution in [2.45, 2.75) is 32.9 Å². The van der Waals surface area contributed by atoms with E-state index in [0.717, 1.165) is 17.7 Å². The van der Waals surface area contributed by atoms with Gasteiger partial charge in [-0.3, -0.25) is 0 Å². The molecule has 0 saturated heterocycles. The van der Waals surface area contributed by atoms with E-state index in [1.165, 1.54) is 12.2 Å². The van der Waals surface area contributed by atoms with Crippen molar-refractivity contribution < 1.29 is 4.39 Å². The van der Waals surface area contributed by atoms with Crippen LogP contribution in [0.1, 0.15) is 24.5 Å². The van der Waals surface area contributed by atoms with Crippen molar-refractivity contribution in [1.29, 1.82) is 0 Å². The van der Waals surface area contributed by atoms with Gasteiger partial charge in [0.2, 0.25) is 0 Å². The molecule has 0 aliphatic rings. The normalized spacial score (nSPS) is 12.8. The molecule has 0 radical (unpaired) electrons. The van der Waals surface area contributed by atoms with Crippen molar-refractivity contribution in [3.8, 4) is 0 Å². The van der Waals surface area contributed by atoms with Crippen molar-refractivity contribution >= 4 is 11.8 Å². The second-order valence-corrected chi connectivity index (χ2v) is 5.13. The monoisotopic (exact) mass is 241 g/mol. The third kappa shape index (κ3) is 4.54. The molecule has 3 heteroatoms. The molecule has 0 bridgehead atoms. The summed E-state index contributed by atoms with van der Waals surface area (Å²) in [6.45, 7) is 4.80. The van der Waals surface area contributed by atoms with E-state index < -0.39 is 0 Å². The van der Waals surface area contributed by atoms with Gasteiger partial charge in [0.1, 0.15) is 5.82 Å². The Hall–Kier alpha value is -0.540. The second-order valence-electron chi connectivity index (χ2n) is 4.15. The summed E-state index contributed by atoms with van der Waals surface area (Å²) in [4.78, 5) is 0. The maximum atomic E-state index is 13.0. The summed E-state index contributed by atoms with van der Waals surface area (Å²) < 4.78 is 13.0. The van der Waals surface area contributed by atoms with Crippen molar-refractivity contribution in [2.24, 2.45) is 0 Å². The largest absolute Gasteiger partial charge is 0.310 e. The molecule has 1 aromatic rings. The maximum absolute atomic E-state index is 13.0. The predicted octanol–water partition coefficient (Wildman–Crippen LogP) is 3.37. The van der Waals surface area contributed by atoms with Gasteiger partial charge in [-0.05, 0) is 49.5 Å². The number of hydrogen-bond acceptors (Lipinski definition) is 2. The zero-order valence-corrected chi connectivity index (χ0v) is 11.0. The Bertz CT molecular complexity index is 328. The summed E-state index contributed by atoms with van der Waals surface area (Å²) in [5.74, 6) is 1.05. The van der Waals surface area contributed by atoms with E-state index in [0.29, 0.717) is 6.04 Å². The summed E-state index contributed by atoms with van der Waals surface area (Å²) in [7, 11) is 0. The smallest absolute Gasteiger partial charge is 0.126 e. The molecule has 0 amide bonds. The molecule has 16 heavy (non-hydrogen) atoms. The fourth-order valence-corrected chi connectivity index (χ4v) is 2.09. The molecule has 0 aromatic heterocycles. The van der Waals surface area contributed by atoms with Crippen LogP contribution in [-0.2, 0) is 6.54 Å². The Kier molecular flexibility index (Phi) is 5.85. The number of thioether (sulfide) groups is 1. The highest BCUT2D eigenvalue weighted by Crippen LogP contribution is 2.09. The van der Waals surface area contributed by atoms with E-state index in [1.807, 2.05) is 23.9 Å². The van der Waals surface area contributed by atoms with E-state index in [1.54, 1.807) is 13.0 Å². The summed E-state index contributed by atoms with van der Waals surface area (Å²) in [6.07, 6.45) is 3.29. The predicted molar refractivity (Wildman–Crippen MR) is 70.4 cm³/mol. The molecule has 0 heterocycles. The maximum Gasteiger partial charge on any atom is 0.126 e. The molecule has 1 rings (SSSR count). The van der Waals surface area contributed by atoms with Crippen LogP contribution in [0.25, 0.3) is 0 Å². The van der Waals surface area contributed by atoms with Gasteiger partial charge < -0.3 is 5.32 Å². The second kappa shape index (κ2) is 6.92. The summed E-state index contributed by atoms with van der Waals surface area (Å²) in [5, 5.41) is 3.44. The molecule has 1 aromatic carbocycles. The Morgan fingerprint density at radius 2 is 2.19 bits per heavy atom. The number of hydrogen-bond donors (Lipinski definition) is 1. The van der Waals surface area contributed by atoms with Gasteiger partial charge in [0.25, 0.3) is 0 Å². The fourth-order valence-electron chi connectivity index (χ4n) is 1.51. The van der Waals surface area contributed by atoms with Crippen LogP contribution in [0.3, 0.4) is 0 Å². The fraction of sp³-hybridized carbons (Fsp3) is 0.538. The van der Waals surface area contributed by atoms with Gasteiger partial charge >= 0.3 is 0 Å². The quantitative estimate of drug-likeness (QED) is 0.819. The third-order valence-corrected chi connectivity index (χ3v) is 3.28. The first-order chi connectivity index (χ1) is 7.63. The van der Waals surface area contributed by atoms with Crippen LogP contribution in [0.15, 0.2) is 18.2 Å². The molecule has 1 N–H and O–H groups in total. The number of benzene rings is 1. The Labute approximate surface area is 102 Å².